The minimum Gasteiger partial charge on any atom is -0.370 e. The van der Waals surface area contributed by atoms with Gasteiger partial charge in [0, 0.05) is 17.2 Å². The van der Waals surface area contributed by atoms with Crippen molar-refractivity contribution in [3.05, 3.63) is 33.8 Å². The van der Waals surface area contributed by atoms with Gasteiger partial charge in [-0.05, 0) is 37.5 Å². The average molecular weight is 289 g/mol. The molecule has 100 valence electrons. The average Bonchev–Trinajstić information content (AvgIpc) is 2.27. The largest absolute Gasteiger partial charge is 0.370 e. The maximum atomic E-state index is 12.1. The van der Waals surface area contributed by atoms with Crippen LogP contribution in [-0.2, 0) is 4.74 Å². The van der Waals surface area contributed by atoms with Crippen LogP contribution >= 0.6 is 23.2 Å². The SMILES string of the molecule is CC(C)CCOC(C)C(=O)c1ccc(Cl)cc1Cl. The van der Waals surface area contributed by atoms with E-state index in [-0.39, 0.29) is 5.78 Å². The Morgan fingerprint density at radius 3 is 2.50 bits per heavy atom. The molecular weight excluding hydrogens is 271 g/mol. The van der Waals surface area contributed by atoms with E-state index in [0.29, 0.717) is 28.1 Å². The normalized spacial score (nSPS) is 12.8. The van der Waals surface area contributed by atoms with E-state index in [1.54, 1.807) is 25.1 Å². The second kappa shape index (κ2) is 7.13. The Morgan fingerprint density at radius 1 is 1.28 bits per heavy atom. The van der Waals surface area contributed by atoms with Crippen molar-refractivity contribution in [3.8, 4) is 0 Å². The second-order valence-electron chi connectivity index (χ2n) is 4.68. The van der Waals surface area contributed by atoms with Gasteiger partial charge in [-0.1, -0.05) is 37.0 Å². The smallest absolute Gasteiger partial charge is 0.192 e. The summed E-state index contributed by atoms with van der Waals surface area (Å²) in [7, 11) is 0. The van der Waals surface area contributed by atoms with Crippen molar-refractivity contribution in [2.24, 2.45) is 5.92 Å². The highest BCUT2D eigenvalue weighted by molar-refractivity contribution is 6.37. The van der Waals surface area contributed by atoms with Crippen molar-refractivity contribution in [2.75, 3.05) is 6.61 Å². The van der Waals surface area contributed by atoms with Crippen LogP contribution in [0.25, 0.3) is 0 Å². The first-order chi connectivity index (χ1) is 8.41. The maximum absolute atomic E-state index is 12.1. The molecule has 1 rings (SSSR count). The van der Waals surface area contributed by atoms with Crippen LogP contribution in [0.3, 0.4) is 0 Å². The standard InChI is InChI=1S/C14H18Cl2O2/c1-9(2)6-7-18-10(3)14(17)12-5-4-11(15)8-13(12)16/h4-5,8-10H,6-7H2,1-3H3. The van der Waals surface area contributed by atoms with Crippen LogP contribution < -0.4 is 0 Å². The van der Waals surface area contributed by atoms with Gasteiger partial charge in [-0.25, -0.2) is 0 Å². The summed E-state index contributed by atoms with van der Waals surface area (Å²) in [6.07, 6.45) is 0.453. The van der Waals surface area contributed by atoms with E-state index in [2.05, 4.69) is 13.8 Å². The fourth-order valence-electron chi connectivity index (χ4n) is 1.46. The summed E-state index contributed by atoms with van der Waals surface area (Å²) in [6.45, 7) is 6.56. The molecule has 0 aliphatic rings. The van der Waals surface area contributed by atoms with Gasteiger partial charge in [-0.2, -0.15) is 0 Å². The number of ketones is 1. The van der Waals surface area contributed by atoms with Gasteiger partial charge in [-0.3, -0.25) is 4.79 Å². The predicted octanol–water partition coefficient (Wildman–Crippen LogP) is 4.63. The Hall–Kier alpha value is -0.570. The lowest BCUT2D eigenvalue weighted by molar-refractivity contribution is 0.0443. The molecule has 0 amide bonds. The van der Waals surface area contributed by atoms with E-state index in [1.807, 2.05) is 0 Å². The Morgan fingerprint density at radius 2 is 1.94 bits per heavy atom. The minimum absolute atomic E-state index is 0.111. The zero-order valence-corrected chi connectivity index (χ0v) is 12.4. The second-order valence-corrected chi connectivity index (χ2v) is 5.53. The van der Waals surface area contributed by atoms with Gasteiger partial charge in [0.2, 0.25) is 0 Å². The summed E-state index contributed by atoms with van der Waals surface area (Å²) in [5.41, 5.74) is 0.457. The summed E-state index contributed by atoms with van der Waals surface area (Å²) >= 11 is 11.8. The first kappa shape index (κ1) is 15.5. The van der Waals surface area contributed by atoms with Crippen LogP contribution in [0.4, 0.5) is 0 Å². The van der Waals surface area contributed by atoms with Crippen molar-refractivity contribution in [3.63, 3.8) is 0 Å². The molecule has 0 bridgehead atoms. The van der Waals surface area contributed by atoms with Crippen LogP contribution in [0.15, 0.2) is 18.2 Å². The minimum atomic E-state index is -0.484. The lowest BCUT2D eigenvalue weighted by Gasteiger charge is -2.14. The van der Waals surface area contributed by atoms with Gasteiger partial charge >= 0.3 is 0 Å². The molecule has 0 heterocycles. The molecule has 0 fully saturated rings. The molecule has 0 N–H and O–H groups in total. The lowest BCUT2D eigenvalue weighted by atomic mass is 10.1. The molecule has 4 heteroatoms. The lowest BCUT2D eigenvalue weighted by Crippen LogP contribution is -2.22. The maximum Gasteiger partial charge on any atom is 0.192 e. The molecule has 0 aliphatic heterocycles. The van der Waals surface area contributed by atoms with Crippen LogP contribution in [0.1, 0.15) is 37.6 Å². The van der Waals surface area contributed by atoms with Gasteiger partial charge < -0.3 is 4.74 Å². The molecule has 1 aromatic rings. The summed E-state index contributed by atoms with van der Waals surface area (Å²) < 4.78 is 5.51. The van der Waals surface area contributed by atoms with Crippen LogP contribution in [0, 0.1) is 5.92 Å². The van der Waals surface area contributed by atoms with Crippen molar-refractivity contribution < 1.29 is 9.53 Å². The van der Waals surface area contributed by atoms with Crippen LogP contribution in [0.2, 0.25) is 10.0 Å². The Kier molecular flexibility index (Phi) is 6.13. The topological polar surface area (TPSA) is 26.3 Å². The number of hydrogen-bond acceptors (Lipinski definition) is 2. The number of halogens is 2. The number of rotatable bonds is 6. The number of Topliss-reactive ketones (excluding diaryl/α,β-unsaturated/α-hetero) is 1. The number of carbonyl (C=O) groups excluding carboxylic acids is 1. The fraction of sp³-hybridized carbons (Fsp3) is 0.500. The highest BCUT2D eigenvalue weighted by Crippen LogP contribution is 2.22. The zero-order valence-electron chi connectivity index (χ0n) is 10.9. The Balaban J connectivity index is 2.63. The van der Waals surface area contributed by atoms with Gasteiger partial charge in [0.05, 0.1) is 5.02 Å². The number of hydrogen-bond donors (Lipinski definition) is 0. The quantitative estimate of drug-likeness (QED) is 0.714. The van der Waals surface area contributed by atoms with Crippen molar-refractivity contribution in [1.29, 1.82) is 0 Å². The van der Waals surface area contributed by atoms with Crippen LogP contribution in [-0.4, -0.2) is 18.5 Å². The summed E-state index contributed by atoms with van der Waals surface area (Å²) in [5, 5.41) is 0.886. The number of ether oxygens (including phenoxy) is 1. The molecule has 0 radical (unpaired) electrons. The van der Waals surface area contributed by atoms with Gasteiger partial charge in [-0.15, -0.1) is 0 Å². The van der Waals surface area contributed by atoms with Crippen LogP contribution in [0.5, 0.6) is 0 Å². The zero-order chi connectivity index (χ0) is 13.7. The first-order valence-corrected chi connectivity index (χ1v) is 6.78. The summed E-state index contributed by atoms with van der Waals surface area (Å²) in [5.74, 6) is 0.451. The van der Waals surface area contributed by atoms with E-state index in [9.17, 15) is 4.79 Å². The molecule has 2 nitrogen and oxygen atoms in total. The highest BCUT2D eigenvalue weighted by Gasteiger charge is 2.18. The molecular formula is C14H18Cl2O2. The third-order valence-corrected chi connectivity index (χ3v) is 3.18. The third-order valence-electron chi connectivity index (χ3n) is 2.63. The number of carbonyl (C=O) groups is 1. The van der Waals surface area contributed by atoms with E-state index < -0.39 is 6.10 Å². The Bertz CT molecular complexity index is 416. The molecule has 0 saturated carbocycles. The summed E-state index contributed by atoms with van der Waals surface area (Å²) in [6, 6.07) is 4.86. The molecule has 0 saturated heterocycles. The molecule has 0 aliphatic carbocycles. The fourth-order valence-corrected chi connectivity index (χ4v) is 1.97. The molecule has 1 aromatic carbocycles. The number of benzene rings is 1. The van der Waals surface area contributed by atoms with E-state index in [1.165, 1.54) is 0 Å². The van der Waals surface area contributed by atoms with Crippen molar-refractivity contribution in [1.82, 2.24) is 0 Å². The van der Waals surface area contributed by atoms with E-state index in [0.717, 1.165) is 6.42 Å². The van der Waals surface area contributed by atoms with Crippen molar-refractivity contribution >= 4 is 29.0 Å². The van der Waals surface area contributed by atoms with Gasteiger partial charge in [0.25, 0.3) is 0 Å². The van der Waals surface area contributed by atoms with E-state index in [4.69, 9.17) is 27.9 Å². The third kappa shape index (κ3) is 4.60. The summed E-state index contributed by atoms with van der Waals surface area (Å²) in [4.78, 5) is 12.1. The van der Waals surface area contributed by atoms with E-state index >= 15 is 0 Å². The molecule has 1 unspecified atom stereocenters. The Labute approximate surface area is 118 Å². The van der Waals surface area contributed by atoms with Gasteiger partial charge in [0.15, 0.2) is 5.78 Å². The monoisotopic (exact) mass is 288 g/mol. The first-order valence-electron chi connectivity index (χ1n) is 6.02. The molecule has 1 atom stereocenters. The van der Waals surface area contributed by atoms with Crippen molar-refractivity contribution in [2.45, 2.75) is 33.3 Å². The molecule has 0 spiro atoms. The highest BCUT2D eigenvalue weighted by atomic mass is 35.5. The predicted molar refractivity (Wildman–Crippen MR) is 75.7 cm³/mol. The van der Waals surface area contributed by atoms with Gasteiger partial charge in [0.1, 0.15) is 6.10 Å². The molecule has 0 aromatic heterocycles. The molecule has 18 heavy (non-hydrogen) atoms.